The van der Waals surface area contributed by atoms with Crippen LogP contribution in [0.5, 0.6) is 11.5 Å². The number of halogens is 6. The average Bonchev–Trinajstić information content (AvgIpc) is 2.98. The molecule has 1 fully saturated rings. The van der Waals surface area contributed by atoms with Crippen LogP contribution in [0.2, 0.25) is 20.1 Å². The Morgan fingerprint density at radius 3 is 1.48 bits per heavy atom. The Hall–Kier alpha value is -0.900. The highest BCUT2D eigenvalue weighted by atomic mass is 79.9. The summed E-state index contributed by atoms with van der Waals surface area (Å²) in [5.41, 5.74) is 0. The van der Waals surface area contributed by atoms with Crippen LogP contribution in [0.15, 0.2) is 33.2 Å². The van der Waals surface area contributed by atoms with Crippen LogP contribution < -0.4 is 9.47 Å². The molecule has 0 bridgehead atoms. The zero-order valence-corrected chi connectivity index (χ0v) is 23.3. The van der Waals surface area contributed by atoms with E-state index < -0.39 is 0 Å². The Kier molecular flexibility index (Phi) is 9.85. The van der Waals surface area contributed by atoms with Gasteiger partial charge in [-0.25, -0.2) is 0 Å². The van der Waals surface area contributed by atoms with Gasteiger partial charge in [-0.15, -0.1) is 0 Å². The van der Waals surface area contributed by atoms with Gasteiger partial charge in [-0.3, -0.25) is 9.59 Å². The average molecular weight is 664 g/mol. The molecule has 0 atom stereocenters. The van der Waals surface area contributed by atoms with Crippen LogP contribution in [0.4, 0.5) is 0 Å². The van der Waals surface area contributed by atoms with Crippen LogP contribution in [-0.4, -0.2) is 61.0 Å². The second-order valence-electron chi connectivity index (χ2n) is 7.09. The first-order valence-electron chi connectivity index (χ1n) is 9.76. The summed E-state index contributed by atoms with van der Waals surface area (Å²) in [7, 11) is 0. The van der Waals surface area contributed by atoms with Crippen molar-refractivity contribution in [2.24, 2.45) is 0 Å². The van der Waals surface area contributed by atoms with Crippen molar-refractivity contribution in [3.05, 3.63) is 53.3 Å². The molecule has 2 amide bonds. The zero-order chi connectivity index (χ0) is 24.1. The lowest BCUT2D eigenvalue weighted by Crippen LogP contribution is -2.40. The molecule has 6 nitrogen and oxygen atoms in total. The fraction of sp³-hybridized carbons (Fsp3) is 0.333. The van der Waals surface area contributed by atoms with E-state index in [-0.39, 0.29) is 25.0 Å². The Bertz CT molecular complexity index is 929. The van der Waals surface area contributed by atoms with Crippen LogP contribution in [0.3, 0.4) is 0 Å². The molecular formula is C21H18Br2Cl4N2O4. The van der Waals surface area contributed by atoms with E-state index in [0.29, 0.717) is 73.1 Å². The van der Waals surface area contributed by atoms with Gasteiger partial charge in [0.25, 0.3) is 11.8 Å². The van der Waals surface area contributed by atoms with Crippen LogP contribution in [-0.2, 0) is 9.59 Å². The maximum absolute atomic E-state index is 12.7. The number of hydrogen-bond acceptors (Lipinski definition) is 4. The highest BCUT2D eigenvalue weighted by molar-refractivity contribution is 9.11. The van der Waals surface area contributed by atoms with E-state index in [1.54, 1.807) is 34.1 Å². The third-order valence-electron chi connectivity index (χ3n) is 4.81. The number of nitrogens with zero attached hydrogens (tertiary/aromatic N) is 2. The minimum Gasteiger partial charge on any atom is -0.481 e. The number of amides is 2. The van der Waals surface area contributed by atoms with Crippen molar-refractivity contribution in [3.8, 4) is 11.5 Å². The van der Waals surface area contributed by atoms with Gasteiger partial charge in [0, 0.05) is 36.2 Å². The van der Waals surface area contributed by atoms with Gasteiger partial charge in [0.05, 0.1) is 19.0 Å². The van der Waals surface area contributed by atoms with Gasteiger partial charge in [0.1, 0.15) is 0 Å². The molecule has 0 aromatic heterocycles. The Morgan fingerprint density at radius 2 is 1.12 bits per heavy atom. The maximum atomic E-state index is 12.7. The summed E-state index contributed by atoms with van der Waals surface area (Å²) in [5, 5.41) is 1.53. The summed E-state index contributed by atoms with van der Waals surface area (Å²) in [6.45, 7) is 1.43. The monoisotopic (exact) mass is 660 g/mol. The second-order valence-corrected chi connectivity index (χ2v) is 10.5. The molecule has 1 aliphatic heterocycles. The minimum atomic E-state index is -0.199. The van der Waals surface area contributed by atoms with Crippen molar-refractivity contribution in [1.82, 2.24) is 9.80 Å². The smallest absolute Gasteiger partial charge is 0.260 e. The lowest BCUT2D eigenvalue weighted by Gasteiger charge is -2.23. The predicted molar refractivity (Wildman–Crippen MR) is 137 cm³/mol. The fourth-order valence-electron chi connectivity index (χ4n) is 3.20. The Labute approximate surface area is 228 Å². The fourth-order valence-corrected chi connectivity index (χ4v) is 5.94. The Morgan fingerprint density at radius 1 is 0.727 bits per heavy atom. The second kappa shape index (κ2) is 12.2. The summed E-state index contributed by atoms with van der Waals surface area (Å²) in [6, 6.07) is 6.36. The number of carbonyl (C=O) groups is 2. The molecule has 0 aliphatic carbocycles. The van der Waals surface area contributed by atoms with Gasteiger partial charge in [0.15, 0.2) is 24.7 Å². The quantitative estimate of drug-likeness (QED) is 0.362. The van der Waals surface area contributed by atoms with Crippen LogP contribution in [0.25, 0.3) is 0 Å². The van der Waals surface area contributed by atoms with Gasteiger partial charge >= 0.3 is 0 Å². The van der Waals surface area contributed by atoms with Gasteiger partial charge < -0.3 is 19.3 Å². The van der Waals surface area contributed by atoms with Gasteiger partial charge in [0.2, 0.25) is 0 Å². The van der Waals surface area contributed by atoms with Crippen molar-refractivity contribution in [1.29, 1.82) is 0 Å². The van der Waals surface area contributed by atoms with E-state index >= 15 is 0 Å². The lowest BCUT2D eigenvalue weighted by molar-refractivity contribution is -0.135. The molecule has 2 aromatic carbocycles. The number of rotatable bonds is 6. The first kappa shape index (κ1) is 26.7. The van der Waals surface area contributed by atoms with Crippen LogP contribution >= 0.6 is 78.3 Å². The summed E-state index contributed by atoms with van der Waals surface area (Å²) < 4.78 is 12.4. The predicted octanol–water partition coefficient (Wildman–Crippen LogP) is 6.34. The third-order valence-corrected chi connectivity index (χ3v) is 6.98. The molecule has 0 saturated carbocycles. The summed E-state index contributed by atoms with van der Waals surface area (Å²) in [5.74, 6) is 0.307. The first-order chi connectivity index (χ1) is 15.7. The maximum Gasteiger partial charge on any atom is 0.260 e. The minimum absolute atomic E-state index is 0.180. The number of carbonyl (C=O) groups excluding carboxylic acids is 2. The first-order valence-corrected chi connectivity index (χ1v) is 12.9. The standard InChI is InChI=1S/C21H18Br2Cl4N2O4/c22-14-6-12(24)8-16(26)20(14)32-10-18(30)28-2-1-3-29(5-4-28)19(31)11-33-21-15(23)7-13(25)9-17(21)27/h6-9H,1-5,10-11H2. The number of benzene rings is 2. The molecule has 12 heteroatoms. The SMILES string of the molecule is O=C(COc1c(Cl)cc(Cl)cc1Br)N1CCCN(C(=O)COc2c(Cl)cc(Cl)cc2Br)CC1. The van der Waals surface area contributed by atoms with E-state index in [0.717, 1.165) is 0 Å². The number of ether oxygens (including phenoxy) is 2. The van der Waals surface area contributed by atoms with E-state index in [2.05, 4.69) is 31.9 Å². The molecule has 1 heterocycles. The topological polar surface area (TPSA) is 59.1 Å². The van der Waals surface area contributed by atoms with Crippen LogP contribution in [0.1, 0.15) is 6.42 Å². The molecule has 0 radical (unpaired) electrons. The molecule has 0 N–H and O–H groups in total. The van der Waals surface area contributed by atoms with Crippen molar-refractivity contribution in [2.75, 3.05) is 39.4 Å². The van der Waals surface area contributed by atoms with Crippen molar-refractivity contribution >= 4 is 90.1 Å². The third kappa shape index (κ3) is 7.29. The van der Waals surface area contributed by atoms with Gasteiger partial charge in [-0.05, 0) is 62.5 Å². The van der Waals surface area contributed by atoms with Crippen LogP contribution in [0, 0.1) is 0 Å². The molecule has 1 saturated heterocycles. The summed E-state index contributed by atoms with van der Waals surface area (Å²) in [6.07, 6.45) is 0.633. The van der Waals surface area contributed by atoms with E-state index in [1.807, 2.05) is 0 Å². The molecular weight excluding hydrogens is 646 g/mol. The zero-order valence-electron chi connectivity index (χ0n) is 17.1. The van der Waals surface area contributed by atoms with Crippen molar-refractivity contribution in [2.45, 2.75) is 6.42 Å². The summed E-state index contributed by atoms with van der Waals surface area (Å²) >= 11 is 30.8. The lowest BCUT2D eigenvalue weighted by atomic mass is 10.3. The molecule has 178 valence electrons. The number of hydrogen-bond donors (Lipinski definition) is 0. The molecule has 1 aliphatic rings. The largest absolute Gasteiger partial charge is 0.481 e. The van der Waals surface area contributed by atoms with Crippen molar-refractivity contribution in [3.63, 3.8) is 0 Å². The van der Waals surface area contributed by atoms with E-state index in [1.165, 1.54) is 0 Å². The highest BCUT2D eigenvalue weighted by Gasteiger charge is 2.23. The highest BCUT2D eigenvalue weighted by Crippen LogP contribution is 2.37. The van der Waals surface area contributed by atoms with E-state index in [4.69, 9.17) is 55.9 Å². The normalized spacial score (nSPS) is 14.1. The molecule has 3 rings (SSSR count). The molecule has 2 aromatic rings. The van der Waals surface area contributed by atoms with E-state index in [9.17, 15) is 9.59 Å². The molecule has 0 spiro atoms. The Balaban J connectivity index is 1.51. The summed E-state index contributed by atoms with van der Waals surface area (Å²) in [4.78, 5) is 28.7. The van der Waals surface area contributed by atoms with Crippen molar-refractivity contribution < 1.29 is 19.1 Å². The molecule has 33 heavy (non-hydrogen) atoms. The van der Waals surface area contributed by atoms with Gasteiger partial charge in [-0.1, -0.05) is 46.4 Å². The van der Waals surface area contributed by atoms with Gasteiger partial charge in [-0.2, -0.15) is 0 Å². The molecule has 0 unspecified atom stereocenters.